The molecule has 0 aromatic heterocycles. The molecule has 2 aliphatic rings. The maximum Gasteiger partial charge on any atom is 0.312 e. The minimum absolute atomic E-state index is 0.124. The molecule has 21 heavy (non-hydrogen) atoms. The van der Waals surface area contributed by atoms with E-state index in [2.05, 4.69) is 5.32 Å². The van der Waals surface area contributed by atoms with Crippen molar-refractivity contribution < 1.29 is 9.59 Å². The number of hydrogen-bond acceptors (Lipinski definition) is 2. The summed E-state index contributed by atoms with van der Waals surface area (Å²) < 4.78 is 0. The lowest BCUT2D eigenvalue weighted by Gasteiger charge is -2.17. The van der Waals surface area contributed by atoms with Gasteiger partial charge >= 0.3 is 6.03 Å². The standard InChI is InChI=1S/C16H21N3O2/c17-16(21)18-8-11-4-6-12(7-5-11)15(20)19-9-13-2-1-3-14(13)10-19/h4-7,13-14H,1-3,8-10H2,(H3,17,18,21). The van der Waals surface area contributed by atoms with E-state index < -0.39 is 6.03 Å². The molecule has 5 heteroatoms. The second kappa shape index (κ2) is 5.76. The molecule has 3 amide bonds. The topological polar surface area (TPSA) is 75.4 Å². The average Bonchev–Trinajstić information content (AvgIpc) is 3.06. The fourth-order valence-corrected chi connectivity index (χ4v) is 3.54. The van der Waals surface area contributed by atoms with E-state index in [-0.39, 0.29) is 5.91 Å². The number of likely N-dealkylation sites (tertiary alicyclic amines) is 1. The second-order valence-corrected chi connectivity index (χ2v) is 6.08. The maximum absolute atomic E-state index is 12.5. The van der Waals surface area contributed by atoms with Gasteiger partial charge in [-0.15, -0.1) is 0 Å². The van der Waals surface area contributed by atoms with Crippen molar-refractivity contribution in [3.63, 3.8) is 0 Å². The van der Waals surface area contributed by atoms with Crippen LogP contribution in [-0.4, -0.2) is 29.9 Å². The molecule has 2 fully saturated rings. The lowest BCUT2D eigenvalue weighted by molar-refractivity contribution is 0.0780. The molecule has 1 aromatic rings. The summed E-state index contributed by atoms with van der Waals surface area (Å²) in [5.41, 5.74) is 6.69. The fraction of sp³-hybridized carbons (Fsp3) is 0.500. The van der Waals surface area contributed by atoms with E-state index in [1.807, 2.05) is 29.2 Å². The van der Waals surface area contributed by atoms with Crippen LogP contribution in [0.5, 0.6) is 0 Å². The highest BCUT2D eigenvalue weighted by molar-refractivity contribution is 5.94. The number of primary amides is 1. The molecule has 0 spiro atoms. The van der Waals surface area contributed by atoms with Crippen molar-refractivity contribution in [2.45, 2.75) is 25.8 Å². The summed E-state index contributed by atoms with van der Waals surface area (Å²) in [5, 5.41) is 2.54. The Kier molecular flexibility index (Phi) is 3.82. The van der Waals surface area contributed by atoms with Crippen LogP contribution >= 0.6 is 0 Å². The summed E-state index contributed by atoms with van der Waals surface area (Å²) in [4.78, 5) is 25.2. The van der Waals surface area contributed by atoms with Crippen LogP contribution in [0.15, 0.2) is 24.3 Å². The zero-order chi connectivity index (χ0) is 14.8. The average molecular weight is 287 g/mol. The van der Waals surface area contributed by atoms with Gasteiger partial charge < -0.3 is 16.0 Å². The Bertz CT molecular complexity index is 529. The summed E-state index contributed by atoms with van der Waals surface area (Å²) in [6.07, 6.45) is 3.86. The van der Waals surface area contributed by atoms with E-state index in [1.54, 1.807) is 0 Å². The monoisotopic (exact) mass is 287 g/mol. The van der Waals surface area contributed by atoms with Crippen molar-refractivity contribution in [2.24, 2.45) is 17.6 Å². The normalized spacial score (nSPS) is 23.9. The predicted molar refractivity (Wildman–Crippen MR) is 79.6 cm³/mol. The van der Waals surface area contributed by atoms with E-state index >= 15 is 0 Å². The smallest absolute Gasteiger partial charge is 0.312 e. The van der Waals surface area contributed by atoms with E-state index in [0.717, 1.165) is 24.2 Å². The summed E-state index contributed by atoms with van der Waals surface area (Å²) >= 11 is 0. The van der Waals surface area contributed by atoms with Gasteiger partial charge in [-0.3, -0.25) is 4.79 Å². The zero-order valence-electron chi connectivity index (χ0n) is 12.0. The number of carbonyl (C=O) groups excluding carboxylic acids is 2. The van der Waals surface area contributed by atoms with Gasteiger partial charge in [0.2, 0.25) is 0 Å². The molecule has 2 atom stereocenters. The first-order chi connectivity index (χ1) is 10.1. The van der Waals surface area contributed by atoms with Gasteiger partial charge in [0.15, 0.2) is 0 Å². The zero-order valence-corrected chi connectivity index (χ0v) is 12.0. The van der Waals surface area contributed by atoms with Gasteiger partial charge in [-0.1, -0.05) is 18.6 Å². The first-order valence-corrected chi connectivity index (χ1v) is 7.55. The van der Waals surface area contributed by atoms with Crippen LogP contribution in [0.2, 0.25) is 0 Å². The number of nitrogens with zero attached hydrogens (tertiary/aromatic N) is 1. The van der Waals surface area contributed by atoms with Crippen molar-refractivity contribution in [3.05, 3.63) is 35.4 Å². The predicted octanol–water partition coefficient (Wildman–Crippen LogP) is 1.73. The first kappa shape index (κ1) is 13.9. The number of urea groups is 1. The summed E-state index contributed by atoms with van der Waals surface area (Å²) in [6, 6.07) is 6.84. The number of benzene rings is 1. The van der Waals surface area contributed by atoms with E-state index in [0.29, 0.717) is 18.4 Å². The Morgan fingerprint density at radius 1 is 1.14 bits per heavy atom. The number of rotatable bonds is 3. The molecule has 112 valence electrons. The summed E-state index contributed by atoms with van der Waals surface area (Å²) in [6.45, 7) is 2.21. The molecule has 3 N–H and O–H groups in total. The van der Waals surface area contributed by atoms with Crippen LogP contribution in [-0.2, 0) is 6.54 Å². The molecule has 1 aliphatic carbocycles. The van der Waals surface area contributed by atoms with Crippen molar-refractivity contribution in [1.82, 2.24) is 10.2 Å². The molecule has 1 heterocycles. The third-order valence-electron chi connectivity index (χ3n) is 4.68. The largest absolute Gasteiger partial charge is 0.352 e. The number of fused-ring (bicyclic) bond motifs is 1. The van der Waals surface area contributed by atoms with Crippen molar-refractivity contribution >= 4 is 11.9 Å². The number of hydrogen-bond donors (Lipinski definition) is 2. The molecule has 1 aromatic carbocycles. The minimum atomic E-state index is -0.543. The Labute approximate surface area is 124 Å². The fourth-order valence-electron chi connectivity index (χ4n) is 3.54. The Morgan fingerprint density at radius 3 is 2.33 bits per heavy atom. The van der Waals surface area contributed by atoms with Crippen LogP contribution in [0.25, 0.3) is 0 Å². The van der Waals surface area contributed by atoms with Crippen molar-refractivity contribution in [2.75, 3.05) is 13.1 Å². The quantitative estimate of drug-likeness (QED) is 0.888. The molecule has 5 nitrogen and oxygen atoms in total. The first-order valence-electron chi connectivity index (χ1n) is 7.55. The highest BCUT2D eigenvalue weighted by Gasteiger charge is 2.38. The molecular weight excluding hydrogens is 266 g/mol. The Balaban J connectivity index is 1.61. The summed E-state index contributed by atoms with van der Waals surface area (Å²) in [5.74, 6) is 1.56. The molecular formula is C16H21N3O2. The molecule has 3 rings (SSSR count). The lowest BCUT2D eigenvalue weighted by Crippen LogP contribution is -2.30. The van der Waals surface area contributed by atoms with Gasteiger partial charge in [0.25, 0.3) is 5.91 Å². The van der Waals surface area contributed by atoms with E-state index in [1.165, 1.54) is 19.3 Å². The van der Waals surface area contributed by atoms with Gasteiger partial charge in [-0.05, 0) is 42.4 Å². The number of amides is 3. The Hall–Kier alpha value is -2.04. The number of nitrogens with two attached hydrogens (primary N) is 1. The lowest BCUT2D eigenvalue weighted by atomic mass is 10.0. The molecule has 1 aliphatic heterocycles. The van der Waals surface area contributed by atoms with Crippen molar-refractivity contribution in [3.8, 4) is 0 Å². The van der Waals surface area contributed by atoms with Gasteiger partial charge in [-0.25, -0.2) is 4.79 Å². The highest BCUT2D eigenvalue weighted by atomic mass is 16.2. The third-order valence-corrected chi connectivity index (χ3v) is 4.68. The molecule has 0 bridgehead atoms. The van der Waals surface area contributed by atoms with Crippen LogP contribution in [0, 0.1) is 11.8 Å². The molecule has 1 saturated heterocycles. The molecule has 0 radical (unpaired) electrons. The maximum atomic E-state index is 12.5. The SMILES string of the molecule is NC(=O)NCc1ccc(C(=O)N2CC3CCCC3C2)cc1. The van der Waals surface area contributed by atoms with Crippen LogP contribution in [0.3, 0.4) is 0 Å². The molecule has 2 unspecified atom stereocenters. The van der Waals surface area contributed by atoms with Crippen LogP contribution < -0.4 is 11.1 Å². The summed E-state index contributed by atoms with van der Waals surface area (Å²) in [7, 11) is 0. The third kappa shape index (κ3) is 3.01. The number of carbonyl (C=O) groups is 2. The van der Waals surface area contributed by atoms with Crippen LogP contribution in [0.1, 0.15) is 35.2 Å². The number of nitrogens with one attached hydrogen (secondary N) is 1. The van der Waals surface area contributed by atoms with Gasteiger partial charge in [0.1, 0.15) is 0 Å². The Morgan fingerprint density at radius 2 is 1.76 bits per heavy atom. The van der Waals surface area contributed by atoms with Gasteiger partial charge in [0.05, 0.1) is 0 Å². The highest BCUT2D eigenvalue weighted by Crippen LogP contribution is 2.38. The van der Waals surface area contributed by atoms with Gasteiger partial charge in [0, 0.05) is 25.2 Å². The van der Waals surface area contributed by atoms with Crippen LogP contribution in [0.4, 0.5) is 4.79 Å². The second-order valence-electron chi connectivity index (χ2n) is 6.08. The molecule has 1 saturated carbocycles. The van der Waals surface area contributed by atoms with Crippen molar-refractivity contribution in [1.29, 1.82) is 0 Å². The van der Waals surface area contributed by atoms with E-state index in [9.17, 15) is 9.59 Å². The van der Waals surface area contributed by atoms with Gasteiger partial charge in [-0.2, -0.15) is 0 Å². The minimum Gasteiger partial charge on any atom is -0.352 e. The van der Waals surface area contributed by atoms with E-state index in [4.69, 9.17) is 5.73 Å².